The Balaban J connectivity index is 0.000000167. The van der Waals surface area contributed by atoms with Crippen LogP contribution in [0.3, 0.4) is 0 Å². The molecule has 0 bridgehead atoms. The van der Waals surface area contributed by atoms with Gasteiger partial charge in [-0.05, 0) is 144 Å². The fourth-order valence-corrected chi connectivity index (χ4v) is 11.4. The molecule has 0 aliphatic heterocycles. The van der Waals surface area contributed by atoms with E-state index in [0.717, 1.165) is 156 Å². The first-order valence-electron chi connectivity index (χ1n) is 40.5. The Bertz CT molecular complexity index is 5030. The molecular weight excluding hydrogens is 1390 g/mol. The molecule has 20 heteroatoms. The number of H-pyrrole nitrogens is 8. The molecule has 0 aliphatic carbocycles. The number of pyridine rings is 4. The summed E-state index contributed by atoms with van der Waals surface area (Å²) in [6.45, 7) is 32.0. The van der Waals surface area contributed by atoms with Crippen molar-refractivity contribution in [3.05, 3.63) is 268 Å². The van der Waals surface area contributed by atoms with Gasteiger partial charge in [0.25, 0.3) is 0 Å². The molecule has 14 heterocycles. The molecule has 20 nitrogen and oxygen atoms in total. The maximum atomic E-state index is 8.19. The molecule has 0 fully saturated rings. The Morgan fingerprint density at radius 1 is 0.214 bits per heavy atom. The average Bonchev–Trinajstić information content (AvgIpc) is 1.65. The number of aromatic amines is 8. The lowest BCUT2D eigenvalue weighted by Gasteiger charge is -2.02. The Kier molecular flexibility index (Phi) is 28.6. The van der Waals surface area contributed by atoms with Gasteiger partial charge in [0, 0.05) is 105 Å². The first-order chi connectivity index (χ1) is 57.0. The zero-order chi connectivity index (χ0) is 83.2. The minimum Gasteiger partial charge on any atom is -0.339 e. The van der Waals surface area contributed by atoms with E-state index in [1.807, 2.05) is 275 Å². The van der Waals surface area contributed by atoms with Crippen LogP contribution < -0.4 is 0 Å². The molecule has 20 aromatic rings. The Hall–Kier alpha value is -13.9. The summed E-state index contributed by atoms with van der Waals surface area (Å²) in [6.07, 6.45) is 13.6. The number of nitrogens with zero attached hydrogens (tertiary/aromatic N) is 12. The van der Waals surface area contributed by atoms with Crippen LogP contribution in [-0.4, -0.2) is 99.7 Å². The topological polar surface area (TPSA) is 281 Å². The van der Waals surface area contributed by atoms with E-state index in [0.29, 0.717) is 47.1 Å². The van der Waals surface area contributed by atoms with Crippen LogP contribution in [0.2, 0.25) is 0 Å². The molecule has 6 aromatic carbocycles. The molecule has 0 atom stereocenters. The summed E-state index contributed by atoms with van der Waals surface area (Å²) in [5, 5.41) is 2.12. The highest BCUT2D eigenvalue weighted by Gasteiger charge is 2.15. The molecule has 112 heavy (non-hydrogen) atoms. The summed E-state index contributed by atoms with van der Waals surface area (Å²) in [7, 11) is 0. The molecule has 568 valence electrons. The van der Waals surface area contributed by atoms with E-state index in [-0.39, 0.29) is 0 Å². The maximum absolute atomic E-state index is 8.19. The van der Waals surface area contributed by atoms with Crippen molar-refractivity contribution in [3.8, 4) is 90.6 Å². The SMILES string of the molecule is CC.CC.CC.CC.CC.CC.CC.CC.[2H]c1cc(-c2cc3cccnc3[nH]2)cc(-c2cc3cccnc3[nH]2)c1.[2H]c1cc(-c2cc3nccnc3[nH]2)cc(-c2cc3nccnc3[nH]2)c1.[2H]c1cc(-c2nc3ccccc3[nH]2)cc(-c2nc3ccccc3[nH]2)c1.[2H]c1cc(-c2nc3ncccc3[nH]2)cc(-c2nc3ncccc3[nH]2)c1. The maximum Gasteiger partial charge on any atom is 0.178 e. The lowest BCUT2D eigenvalue weighted by molar-refractivity contribution is 1.26. The number of para-hydroxylation sites is 4. The van der Waals surface area contributed by atoms with Gasteiger partial charge in [-0.1, -0.05) is 208 Å². The van der Waals surface area contributed by atoms with Crippen LogP contribution in [0.5, 0.6) is 0 Å². The van der Waals surface area contributed by atoms with E-state index >= 15 is 0 Å². The van der Waals surface area contributed by atoms with E-state index in [2.05, 4.69) is 118 Å². The normalized spacial score (nSPS) is 10.6. The van der Waals surface area contributed by atoms with Gasteiger partial charge in [-0.25, -0.2) is 49.8 Å². The molecule has 14 aromatic heterocycles. The highest BCUT2D eigenvalue weighted by molar-refractivity contribution is 5.89. The fraction of sp³-hybridized carbons (Fsp3) is 0.174. The van der Waals surface area contributed by atoms with E-state index < -0.39 is 0 Å². The second-order valence-corrected chi connectivity index (χ2v) is 22.4. The number of hydrogen-bond donors (Lipinski definition) is 8. The molecular formula is C92H100N20. The van der Waals surface area contributed by atoms with Gasteiger partial charge in [-0.3, -0.25) is 9.97 Å². The van der Waals surface area contributed by atoms with Gasteiger partial charge in [0.1, 0.15) is 45.6 Å². The van der Waals surface area contributed by atoms with Crippen molar-refractivity contribution in [1.82, 2.24) is 99.7 Å². The van der Waals surface area contributed by atoms with E-state index in [1.165, 1.54) is 0 Å². The smallest absolute Gasteiger partial charge is 0.178 e. The van der Waals surface area contributed by atoms with Gasteiger partial charge >= 0.3 is 0 Å². The highest BCUT2D eigenvalue weighted by atomic mass is 15.0. The van der Waals surface area contributed by atoms with Crippen LogP contribution in [0.25, 0.3) is 179 Å². The predicted octanol–water partition coefficient (Wildman–Crippen LogP) is 24.9. The van der Waals surface area contributed by atoms with Gasteiger partial charge in [0.15, 0.2) is 22.6 Å². The third-order valence-electron chi connectivity index (χ3n) is 16.1. The summed E-state index contributed by atoms with van der Waals surface area (Å²) in [6, 6.07) is 63.5. The molecule has 0 aliphatic rings. The van der Waals surface area contributed by atoms with Crippen molar-refractivity contribution < 1.29 is 5.48 Å². The summed E-state index contributed by atoms with van der Waals surface area (Å²) >= 11 is 0. The number of imidazole rings is 4. The molecule has 0 spiro atoms. The molecule has 0 saturated carbocycles. The summed E-state index contributed by atoms with van der Waals surface area (Å²) in [5.74, 6) is 2.87. The van der Waals surface area contributed by atoms with Crippen LogP contribution in [0.4, 0.5) is 0 Å². The summed E-state index contributed by atoms with van der Waals surface area (Å²) in [4.78, 5) is 78.9. The van der Waals surface area contributed by atoms with Crippen molar-refractivity contribution in [1.29, 1.82) is 0 Å². The number of aromatic nitrogens is 20. The van der Waals surface area contributed by atoms with E-state index in [9.17, 15) is 0 Å². The molecule has 20 rings (SSSR count). The highest BCUT2D eigenvalue weighted by Crippen LogP contribution is 2.33. The van der Waals surface area contributed by atoms with Crippen molar-refractivity contribution >= 4 is 88.8 Å². The van der Waals surface area contributed by atoms with Crippen molar-refractivity contribution in [2.24, 2.45) is 0 Å². The molecule has 0 amide bonds. The minimum atomic E-state index is 0.384. The Morgan fingerprint density at radius 3 is 0.839 bits per heavy atom. The first-order valence-corrected chi connectivity index (χ1v) is 38.5. The van der Waals surface area contributed by atoms with Crippen molar-refractivity contribution in [2.75, 3.05) is 0 Å². The second kappa shape index (κ2) is 42.0. The lowest BCUT2D eigenvalue weighted by atomic mass is 10.1. The zero-order valence-electron chi connectivity index (χ0n) is 70.5. The van der Waals surface area contributed by atoms with Crippen LogP contribution in [-0.2, 0) is 0 Å². The van der Waals surface area contributed by atoms with Crippen LogP contribution in [0.1, 0.15) is 116 Å². The standard InChI is InChI=1S/2C20H14N4.2C18H12N6.8C2H6/c1-4-13(17-11-15-6-2-8-21-19(15)23-17)10-14(5-1)18-12-16-7-3-9-22-20(16)24-18;1-2-9-16-15(8-1)21-19(22-16)13-6-5-7-14(12-13)20-23-17-10-3-4-11-18(17)24-20;1-4-11(15-21-13-6-2-8-19-17(13)23-15)10-12(5-1)16-22-14-7-3-9-20-18(14)24-16;1-2-11(13-9-15-17(23-13)21-6-4-19-15)8-12(3-1)14-10-16-18(24-14)22-7-5-20-16;8*1-2/h1-12H,(H,21,23)(H,22,24);1-12H,(H,21,22)(H,23,24);1-10H,(H,19,21,23)(H,20,22,24);1-10H,(H,21,23)(H,22,24);8*1-2H3/i1D;5D;2*1D;;;;;;;;. The Morgan fingerprint density at radius 2 is 0.491 bits per heavy atom. The predicted molar refractivity (Wildman–Crippen MR) is 468 cm³/mol. The third kappa shape index (κ3) is 19.7. The first kappa shape index (κ1) is 76.3. The van der Waals surface area contributed by atoms with Crippen molar-refractivity contribution in [3.63, 3.8) is 0 Å². The van der Waals surface area contributed by atoms with E-state index in [1.54, 1.807) is 61.7 Å². The number of rotatable bonds is 8. The second-order valence-electron chi connectivity index (χ2n) is 22.4. The molecule has 0 saturated heterocycles. The van der Waals surface area contributed by atoms with Gasteiger partial charge in [0.05, 0.1) is 38.6 Å². The number of benzene rings is 6. The zero-order valence-corrected chi connectivity index (χ0v) is 66.5. The summed E-state index contributed by atoms with van der Waals surface area (Å²) < 4.78 is 32.6. The van der Waals surface area contributed by atoms with Crippen LogP contribution >= 0.6 is 0 Å². The largest absolute Gasteiger partial charge is 0.339 e. The van der Waals surface area contributed by atoms with Crippen LogP contribution in [0.15, 0.2) is 268 Å². The minimum absolute atomic E-state index is 0.384. The monoisotopic (exact) mass is 1490 g/mol. The van der Waals surface area contributed by atoms with Gasteiger partial charge < -0.3 is 39.9 Å². The number of hydrogen-bond acceptors (Lipinski definition) is 12. The van der Waals surface area contributed by atoms with Crippen LogP contribution in [0, 0.1) is 0 Å². The fourth-order valence-electron chi connectivity index (χ4n) is 11.4. The third-order valence-corrected chi connectivity index (χ3v) is 16.1. The molecule has 0 unspecified atom stereocenters. The molecule has 8 N–H and O–H groups in total. The summed E-state index contributed by atoms with van der Waals surface area (Å²) in [5.41, 5.74) is 22.4. The number of fused-ring (bicyclic) bond motifs is 8. The van der Waals surface area contributed by atoms with E-state index in [4.69, 9.17) is 5.48 Å². The quantitative estimate of drug-likeness (QED) is 0.0705. The molecule has 0 radical (unpaired) electrons. The van der Waals surface area contributed by atoms with Gasteiger partial charge in [0.2, 0.25) is 0 Å². The van der Waals surface area contributed by atoms with Gasteiger partial charge in [-0.15, -0.1) is 0 Å². The van der Waals surface area contributed by atoms with Gasteiger partial charge in [-0.2, -0.15) is 0 Å². The van der Waals surface area contributed by atoms with Crippen molar-refractivity contribution in [2.45, 2.75) is 111 Å². The number of nitrogens with one attached hydrogen (secondary N) is 8. The average molecular weight is 1490 g/mol. The lowest BCUT2D eigenvalue weighted by Crippen LogP contribution is -1.84. The Labute approximate surface area is 659 Å².